The van der Waals surface area contributed by atoms with Crippen LogP contribution in [-0.4, -0.2) is 39.5 Å². The average Bonchev–Trinajstić information content (AvgIpc) is 2.98. The Bertz CT molecular complexity index is 547. The van der Waals surface area contributed by atoms with E-state index >= 15 is 0 Å². The molecule has 1 aromatic heterocycles. The molecule has 5 heteroatoms. The Balaban J connectivity index is 1.59. The van der Waals surface area contributed by atoms with E-state index in [9.17, 15) is 4.79 Å². The minimum atomic E-state index is -0.697. The molecular weight excluding hydrogens is 239 g/mol. The van der Waals surface area contributed by atoms with Crippen LogP contribution in [-0.2, 0) is 11.5 Å². The molecule has 2 aliphatic heterocycles. The van der Waals surface area contributed by atoms with Gasteiger partial charge in [0.15, 0.2) is 0 Å². The number of hydrogen-bond acceptors (Lipinski definition) is 2. The Labute approximate surface area is 113 Å². The molecule has 98 valence electrons. The number of fused-ring (bicyclic) bond motifs is 2. The van der Waals surface area contributed by atoms with E-state index in [1.165, 1.54) is 11.3 Å². The number of carbonyl (C=O) groups is 1. The minimum absolute atomic E-state index is 0.279. The summed E-state index contributed by atoms with van der Waals surface area (Å²) in [6.45, 7) is 3.07. The van der Waals surface area contributed by atoms with E-state index in [4.69, 9.17) is 5.11 Å². The van der Waals surface area contributed by atoms with Gasteiger partial charge in [0.25, 0.3) is 0 Å². The van der Waals surface area contributed by atoms with E-state index in [0.29, 0.717) is 6.04 Å². The summed E-state index contributed by atoms with van der Waals surface area (Å²) in [5.41, 5.74) is 2.52. The van der Waals surface area contributed by atoms with E-state index in [0.717, 1.165) is 25.9 Å². The number of nitrogens with zero attached hydrogens (tertiary/aromatic N) is 2. The monoisotopic (exact) mass is 256 g/mol. The van der Waals surface area contributed by atoms with Crippen molar-refractivity contribution in [2.45, 2.75) is 38.4 Å². The summed E-state index contributed by atoms with van der Waals surface area (Å²) in [5, 5.41) is 8.64. The van der Waals surface area contributed by atoms with Gasteiger partial charge in [-0.05, 0) is 0 Å². The van der Waals surface area contributed by atoms with Crippen molar-refractivity contribution in [3.8, 4) is 0 Å². The van der Waals surface area contributed by atoms with Crippen molar-refractivity contribution in [3.05, 3.63) is 29.6 Å². The van der Waals surface area contributed by atoms with Gasteiger partial charge in [0.05, 0.1) is 0 Å². The van der Waals surface area contributed by atoms with E-state index in [1.807, 2.05) is 0 Å². The number of rotatable bonds is 5. The third-order valence-electron chi connectivity index (χ3n) is 3.83. The van der Waals surface area contributed by atoms with E-state index in [-0.39, 0.29) is 6.42 Å². The van der Waals surface area contributed by atoms with Crippen molar-refractivity contribution < 1.29 is 9.90 Å². The van der Waals surface area contributed by atoms with Crippen molar-refractivity contribution >= 4 is 24.9 Å². The first kappa shape index (κ1) is 12.3. The molecule has 2 aliphatic rings. The molecule has 0 saturated carbocycles. The Morgan fingerprint density at radius 2 is 2.37 bits per heavy atom. The summed E-state index contributed by atoms with van der Waals surface area (Å²) in [6, 6.07) is 4.61. The molecule has 3 heterocycles. The van der Waals surface area contributed by atoms with Crippen LogP contribution in [0.15, 0.2) is 23.9 Å². The number of carboxylic acids is 1. The zero-order valence-electron chi connectivity index (χ0n) is 10.8. The topological polar surface area (TPSA) is 45.5 Å². The summed E-state index contributed by atoms with van der Waals surface area (Å²) in [4.78, 5) is 12.9. The van der Waals surface area contributed by atoms with Crippen LogP contribution in [0.1, 0.15) is 31.4 Å². The van der Waals surface area contributed by atoms with Gasteiger partial charge in [0.2, 0.25) is 0 Å². The van der Waals surface area contributed by atoms with Gasteiger partial charge in [-0.1, -0.05) is 0 Å². The van der Waals surface area contributed by atoms with E-state index < -0.39 is 5.97 Å². The number of carboxylic acid groups (broad SMARTS) is 1. The molecule has 1 unspecified atom stereocenters. The number of aromatic nitrogens is 1. The molecule has 0 spiro atoms. The van der Waals surface area contributed by atoms with Crippen LogP contribution >= 0.6 is 0 Å². The Morgan fingerprint density at radius 1 is 1.47 bits per heavy atom. The molecular formula is C14H17BN2O2. The molecule has 1 N–H and O–H groups in total. The summed E-state index contributed by atoms with van der Waals surface area (Å²) in [7, 11) is 0. The Kier molecular flexibility index (Phi) is 3.28. The number of hydrogen-bond donors (Lipinski definition) is 1. The van der Waals surface area contributed by atoms with Gasteiger partial charge in [0, 0.05) is 0 Å². The van der Waals surface area contributed by atoms with Gasteiger partial charge in [-0.25, -0.2) is 0 Å². The predicted molar refractivity (Wildman–Crippen MR) is 76.0 cm³/mol. The van der Waals surface area contributed by atoms with Crippen molar-refractivity contribution in [3.63, 3.8) is 0 Å². The molecule has 0 aromatic carbocycles. The molecule has 1 atom stereocenters. The van der Waals surface area contributed by atoms with Crippen molar-refractivity contribution in [1.29, 1.82) is 0 Å². The fourth-order valence-electron chi connectivity index (χ4n) is 2.80. The third-order valence-corrected chi connectivity index (χ3v) is 3.83. The number of aliphatic carboxylic acids is 1. The molecule has 3 rings (SSSR count). The molecule has 0 saturated heterocycles. The van der Waals surface area contributed by atoms with Gasteiger partial charge >= 0.3 is 112 Å². The molecule has 0 amide bonds. The maximum atomic E-state index is 10.5. The van der Waals surface area contributed by atoms with Crippen LogP contribution in [0.4, 0.5) is 0 Å². The van der Waals surface area contributed by atoms with Crippen molar-refractivity contribution in [2.75, 3.05) is 0 Å². The standard InChI is InChI=1S/C14H17BN2O2/c18-14(19)6-2-1-4-12-9-15-13-8-11-5-3-7-16(11)10-17(12)13/h3,5,7-9,12H,1-2,4,6,10H2,(H,18,19). The van der Waals surface area contributed by atoms with Crippen LogP contribution in [0.2, 0.25) is 0 Å². The SMILES string of the molecule is O=C(O)CCCCC1C=BC2=Cc3cccn3CN21. The van der Waals surface area contributed by atoms with Crippen LogP contribution in [0.3, 0.4) is 0 Å². The second kappa shape index (κ2) is 5.07. The van der Waals surface area contributed by atoms with Gasteiger partial charge in [-0.3, -0.25) is 0 Å². The zero-order chi connectivity index (χ0) is 13.2. The normalized spacial score (nSPS) is 19.7. The molecule has 0 aliphatic carbocycles. The van der Waals surface area contributed by atoms with Crippen LogP contribution in [0, 0.1) is 0 Å². The molecule has 0 fully saturated rings. The zero-order valence-corrected chi connectivity index (χ0v) is 10.8. The summed E-state index contributed by atoms with van der Waals surface area (Å²) >= 11 is 0. The fraction of sp³-hybridized carbons (Fsp3) is 0.429. The third kappa shape index (κ3) is 2.50. The molecule has 19 heavy (non-hydrogen) atoms. The van der Waals surface area contributed by atoms with E-state index in [1.54, 1.807) is 0 Å². The van der Waals surface area contributed by atoms with Crippen LogP contribution in [0.5, 0.6) is 0 Å². The predicted octanol–water partition coefficient (Wildman–Crippen LogP) is 1.59. The van der Waals surface area contributed by atoms with Gasteiger partial charge in [0.1, 0.15) is 0 Å². The van der Waals surface area contributed by atoms with Gasteiger partial charge in [-0.2, -0.15) is 0 Å². The Hall–Kier alpha value is -1.78. The quantitative estimate of drug-likeness (QED) is 0.642. The van der Waals surface area contributed by atoms with Crippen LogP contribution < -0.4 is 0 Å². The average molecular weight is 256 g/mol. The van der Waals surface area contributed by atoms with Gasteiger partial charge in [-0.15, -0.1) is 0 Å². The van der Waals surface area contributed by atoms with Gasteiger partial charge < -0.3 is 0 Å². The van der Waals surface area contributed by atoms with Crippen LogP contribution in [0.25, 0.3) is 6.08 Å². The fourth-order valence-corrected chi connectivity index (χ4v) is 2.80. The van der Waals surface area contributed by atoms with Crippen molar-refractivity contribution in [2.24, 2.45) is 0 Å². The Morgan fingerprint density at radius 3 is 3.21 bits per heavy atom. The second-order valence-electron chi connectivity index (χ2n) is 5.15. The maximum absolute atomic E-state index is 10.5. The molecule has 0 bridgehead atoms. The summed E-state index contributed by atoms with van der Waals surface area (Å²) in [6.07, 6.45) is 7.34. The number of unbranched alkanes of at least 4 members (excludes halogenated alkanes) is 1. The van der Waals surface area contributed by atoms with Crippen molar-refractivity contribution in [1.82, 2.24) is 9.47 Å². The second-order valence-corrected chi connectivity index (χ2v) is 5.15. The first-order chi connectivity index (χ1) is 9.24. The molecule has 0 radical (unpaired) electrons. The summed E-state index contributed by atoms with van der Waals surface area (Å²) in [5.74, 6) is 1.54. The summed E-state index contributed by atoms with van der Waals surface area (Å²) < 4.78 is 2.24. The molecule has 1 aromatic rings. The van der Waals surface area contributed by atoms with E-state index in [2.05, 4.69) is 46.8 Å². The molecule has 4 nitrogen and oxygen atoms in total. The first-order valence-corrected chi connectivity index (χ1v) is 6.77. The first-order valence-electron chi connectivity index (χ1n) is 6.77.